The first-order valence-electron chi connectivity index (χ1n) is 5.30. The maximum absolute atomic E-state index is 5.43. The summed E-state index contributed by atoms with van der Waals surface area (Å²) in [4.78, 5) is 0. The van der Waals surface area contributed by atoms with E-state index in [9.17, 15) is 0 Å². The monoisotopic (exact) mass is 187 g/mol. The highest BCUT2D eigenvalue weighted by Gasteiger charge is 2.17. The van der Waals surface area contributed by atoms with Gasteiger partial charge < -0.3 is 5.73 Å². The fourth-order valence-electron chi connectivity index (χ4n) is 2.14. The summed E-state index contributed by atoms with van der Waals surface area (Å²) < 4.78 is 0. The minimum absolute atomic E-state index is 0.618. The van der Waals surface area contributed by atoms with E-state index in [1.54, 1.807) is 0 Å². The van der Waals surface area contributed by atoms with Gasteiger partial charge in [-0.05, 0) is 35.4 Å². The van der Waals surface area contributed by atoms with Crippen LogP contribution in [0.15, 0.2) is 24.3 Å². The lowest BCUT2D eigenvalue weighted by Gasteiger charge is -2.05. The molecule has 0 amide bonds. The predicted octanol–water partition coefficient (Wildman–Crippen LogP) is 2.71. The summed E-state index contributed by atoms with van der Waals surface area (Å²) in [6, 6.07) is 6.75. The zero-order valence-corrected chi connectivity index (χ0v) is 8.66. The Hall–Kier alpha value is -1.08. The fraction of sp³-hybridized carbons (Fsp3) is 0.385. The fourth-order valence-corrected chi connectivity index (χ4v) is 2.14. The van der Waals surface area contributed by atoms with Crippen molar-refractivity contribution in [1.82, 2.24) is 0 Å². The van der Waals surface area contributed by atoms with E-state index in [1.807, 2.05) is 6.08 Å². The normalized spacial score (nSPS) is 20.3. The average Bonchev–Trinajstić information content (AvgIpc) is 2.57. The molecule has 0 saturated carbocycles. The van der Waals surface area contributed by atoms with Gasteiger partial charge >= 0.3 is 0 Å². The van der Waals surface area contributed by atoms with E-state index >= 15 is 0 Å². The smallest absolute Gasteiger partial charge is 0.0110 e. The second-order valence-electron chi connectivity index (χ2n) is 4.04. The first-order valence-corrected chi connectivity index (χ1v) is 5.30. The molecule has 1 unspecified atom stereocenters. The van der Waals surface area contributed by atoms with Crippen LogP contribution in [-0.2, 0) is 6.42 Å². The number of aryl methyl sites for hydroxylation is 1. The molecule has 0 spiro atoms. The number of fused-ring (bicyclic) bond motifs is 1. The molecule has 1 heteroatoms. The van der Waals surface area contributed by atoms with Crippen LogP contribution >= 0.6 is 0 Å². The Labute approximate surface area is 85.6 Å². The van der Waals surface area contributed by atoms with E-state index in [1.165, 1.54) is 29.5 Å². The van der Waals surface area contributed by atoms with Crippen molar-refractivity contribution in [3.8, 4) is 0 Å². The van der Waals surface area contributed by atoms with Gasteiger partial charge in [0.25, 0.3) is 0 Å². The Balaban J connectivity index is 2.30. The third-order valence-corrected chi connectivity index (χ3v) is 2.99. The van der Waals surface area contributed by atoms with E-state index in [0.717, 1.165) is 5.92 Å². The van der Waals surface area contributed by atoms with Gasteiger partial charge in [-0.1, -0.05) is 37.3 Å². The number of nitrogens with two attached hydrogens (primary N) is 1. The Morgan fingerprint density at radius 3 is 3.14 bits per heavy atom. The summed E-state index contributed by atoms with van der Waals surface area (Å²) in [5.41, 5.74) is 9.77. The zero-order chi connectivity index (χ0) is 9.97. The van der Waals surface area contributed by atoms with E-state index in [2.05, 4.69) is 31.2 Å². The first-order chi connectivity index (χ1) is 6.81. The van der Waals surface area contributed by atoms with Crippen molar-refractivity contribution in [2.24, 2.45) is 5.73 Å². The second kappa shape index (κ2) is 3.97. The minimum atomic E-state index is 0.618. The van der Waals surface area contributed by atoms with E-state index in [-0.39, 0.29) is 0 Å². The van der Waals surface area contributed by atoms with Crippen LogP contribution < -0.4 is 5.73 Å². The van der Waals surface area contributed by atoms with Crippen LogP contribution in [0.4, 0.5) is 0 Å². The number of benzene rings is 1. The number of rotatable bonds is 2. The standard InChI is InChI=1S/C13H17N/c1-10-4-6-12-7-5-11(3-2-8-14)9-13(10)12/h2-3,5,7,9-10H,4,6,8,14H2,1H3/b3-2+. The number of hydrogen-bond acceptors (Lipinski definition) is 1. The lowest BCUT2D eigenvalue weighted by atomic mass is 10.0. The van der Waals surface area contributed by atoms with Gasteiger partial charge in [0, 0.05) is 6.54 Å². The Morgan fingerprint density at radius 1 is 1.50 bits per heavy atom. The Bertz CT molecular complexity index is 352. The largest absolute Gasteiger partial charge is 0.327 e. The van der Waals surface area contributed by atoms with Gasteiger partial charge in [0.1, 0.15) is 0 Å². The molecule has 1 aliphatic rings. The molecule has 1 nitrogen and oxygen atoms in total. The molecule has 1 aliphatic carbocycles. The molecule has 0 bridgehead atoms. The van der Waals surface area contributed by atoms with E-state index in [4.69, 9.17) is 5.73 Å². The lowest BCUT2D eigenvalue weighted by molar-refractivity contribution is 0.747. The second-order valence-corrected chi connectivity index (χ2v) is 4.04. The topological polar surface area (TPSA) is 26.0 Å². The molecule has 1 aromatic rings. The van der Waals surface area contributed by atoms with E-state index in [0.29, 0.717) is 6.54 Å². The van der Waals surface area contributed by atoms with Gasteiger partial charge in [-0.15, -0.1) is 0 Å². The van der Waals surface area contributed by atoms with Crippen molar-refractivity contribution in [2.75, 3.05) is 6.54 Å². The predicted molar refractivity (Wildman–Crippen MR) is 61.3 cm³/mol. The summed E-state index contributed by atoms with van der Waals surface area (Å²) in [5.74, 6) is 0.733. The Morgan fingerprint density at radius 2 is 2.36 bits per heavy atom. The van der Waals surface area contributed by atoms with Crippen molar-refractivity contribution < 1.29 is 0 Å². The SMILES string of the molecule is CC1CCc2ccc(/C=C/CN)cc21. The summed E-state index contributed by atoms with van der Waals surface area (Å²) in [6.45, 7) is 2.93. The molecular formula is C13H17N. The molecule has 0 aromatic heterocycles. The van der Waals surface area contributed by atoms with Crippen LogP contribution in [0.5, 0.6) is 0 Å². The molecule has 1 aromatic carbocycles. The maximum atomic E-state index is 5.43. The van der Waals surface area contributed by atoms with Crippen molar-refractivity contribution in [3.63, 3.8) is 0 Å². The average molecular weight is 187 g/mol. The van der Waals surface area contributed by atoms with Crippen molar-refractivity contribution in [2.45, 2.75) is 25.7 Å². The molecule has 0 aliphatic heterocycles. The van der Waals surface area contributed by atoms with Crippen LogP contribution in [0.3, 0.4) is 0 Å². The van der Waals surface area contributed by atoms with Crippen molar-refractivity contribution >= 4 is 6.08 Å². The molecule has 2 rings (SSSR count). The minimum Gasteiger partial charge on any atom is -0.327 e. The summed E-state index contributed by atoms with van der Waals surface area (Å²) in [6.07, 6.45) is 6.66. The van der Waals surface area contributed by atoms with Crippen LogP contribution in [0, 0.1) is 0 Å². The maximum Gasteiger partial charge on any atom is 0.0110 e. The van der Waals surface area contributed by atoms with Gasteiger partial charge in [0.2, 0.25) is 0 Å². The summed E-state index contributed by atoms with van der Waals surface area (Å²) in [7, 11) is 0. The summed E-state index contributed by atoms with van der Waals surface area (Å²) in [5, 5.41) is 0. The summed E-state index contributed by atoms with van der Waals surface area (Å²) >= 11 is 0. The quantitative estimate of drug-likeness (QED) is 0.757. The molecule has 1 atom stereocenters. The van der Waals surface area contributed by atoms with Crippen LogP contribution in [0.25, 0.3) is 6.08 Å². The first kappa shape index (κ1) is 9.47. The molecule has 14 heavy (non-hydrogen) atoms. The van der Waals surface area contributed by atoms with Gasteiger partial charge in [-0.3, -0.25) is 0 Å². The van der Waals surface area contributed by atoms with Gasteiger partial charge in [-0.25, -0.2) is 0 Å². The van der Waals surface area contributed by atoms with Crippen LogP contribution in [0.2, 0.25) is 0 Å². The Kier molecular flexibility index (Phi) is 2.69. The highest BCUT2D eigenvalue weighted by atomic mass is 14.5. The van der Waals surface area contributed by atoms with Crippen LogP contribution in [-0.4, -0.2) is 6.54 Å². The molecule has 0 radical (unpaired) electrons. The van der Waals surface area contributed by atoms with Crippen molar-refractivity contribution in [1.29, 1.82) is 0 Å². The zero-order valence-electron chi connectivity index (χ0n) is 8.66. The molecule has 2 N–H and O–H groups in total. The van der Waals surface area contributed by atoms with Gasteiger partial charge in [0.05, 0.1) is 0 Å². The molecular weight excluding hydrogens is 170 g/mol. The lowest BCUT2D eigenvalue weighted by Crippen LogP contribution is -1.92. The highest BCUT2D eigenvalue weighted by molar-refractivity contribution is 5.53. The molecule has 0 saturated heterocycles. The van der Waals surface area contributed by atoms with Crippen molar-refractivity contribution in [3.05, 3.63) is 41.0 Å². The van der Waals surface area contributed by atoms with Gasteiger partial charge in [-0.2, -0.15) is 0 Å². The molecule has 0 heterocycles. The van der Waals surface area contributed by atoms with Crippen LogP contribution in [0.1, 0.15) is 36.0 Å². The molecule has 74 valence electrons. The third-order valence-electron chi connectivity index (χ3n) is 2.99. The van der Waals surface area contributed by atoms with E-state index < -0.39 is 0 Å². The highest BCUT2D eigenvalue weighted by Crippen LogP contribution is 2.33. The number of hydrogen-bond donors (Lipinski definition) is 1. The van der Waals surface area contributed by atoms with Gasteiger partial charge in [0.15, 0.2) is 0 Å². The third kappa shape index (κ3) is 1.73. The molecule has 0 fully saturated rings.